The number of nitrogens with one attached hydrogen (secondary N) is 1. The third-order valence-corrected chi connectivity index (χ3v) is 10.3. The van der Waals surface area contributed by atoms with Crippen LogP contribution < -0.4 is 5.32 Å². The maximum absolute atomic E-state index is 13.1. The number of halogens is 3. The number of nitrogens with zero attached hydrogens (tertiary/aromatic N) is 5. The van der Waals surface area contributed by atoms with Crippen molar-refractivity contribution < 1.29 is 40.7 Å². The number of hydrogen-bond donors (Lipinski definition) is 1. The first-order valence-corrected chi connectivity index (χ1v) is 16.6. The summed E-state index contributed by atoms with van der Waals surface area (Å²) >= 11 is 0. The molecule has 254 valence electrons. The average molecular weight is 663 g/mol. The number of aryl methyl sites for hydroxylation is 2. The molecule has 0 saturated carbocycles. The molecule has 1 N–H and O–H groups in total. The summed E-state index contributed by atoms with van der Waals surface area (Å²) in [5.41, 5.74) is -1.47. The lowest BCUT2D eigenvalue weighted by Gasteiger charge is -2.26. The fourth-order valence-electron chi connectivity index (χ4n) is 6.29. The number of aromatic nitrogens is 2. The van der Waals surface area contributed by atoms with Crippen LogP contribution in [0.3, 0.4) is 0 Å². The van der Waals surface area contributed by atoms with Crippen LogP contribution in [0.25, 0.3) is 0 Å². The predicted molar refractivity (Wildman–Crippen MR) is 158 cm³/mol. The van der Waals surface area contributed by atoms with E-state index in [4.69, 9.17) is 9.47 Å². The van der Waals surface area contributed by atoms with Crippen molar-refractivity contribution in [2.24, 2.45) is 23.7 Å². The molecule has 45 heavy (non-hydrogen) atoms. The minimum atomic E-state index is -4.76. The van der Waals surface area contributed by atoms with Crippen LogP contribution in [0.2, 0.25) is 0 Å². The van der Waals surface area contributed by atoms with Gasteiger partial charge in [0.1, 0.15) is 16.1 Å². The molecule has 0 aromatic carbocycles. The molecule has 5 heterocycles. The molecular formula is C29H45F3N6O6S. The van der Waals surface area contributed by atoms with Gasteiger partial charge in [-0.3, -0.25) is 0 Å². The zero-order chi connectivity index (χ0) is 33.7. The van der Waals surface area contributed by atoms with Crippen LogP contribution in [0.4, 0.5) is 22.8 Å². The molecule has 16 heteroatoms. The van der Waals surface area contributed by atoms with Gasteiger partial charge in [0.05, 0.1) is 11.4 Å². The van der Waals surface area contributed by atoms with Crippen molar-refractivity contribution >= 4 is 22.2 Å². The van der Waals surface area contributed by atoms with E-state index in [0.29, 0.717) is 24.9 Å². The highest BCUT2D eigenvalue weighted by molar-refractivity contribution is 7.89. The minimum absolute atomic E-state index is 0.0664. The van der Waals surface area contributed by atoms with E-state index in [0.717, 1.165) is 26.2 Å². The van der Waals surface area contributed by atoms with Gasteiger partial charge in [-0.25, -0.2) is 28.0 Å². The van der Waals surface area contributed by atoms with E-state index in [2.05, 4.69) is 15.3 Å². The maximum Gasteiger partial charge on any atom is 0.451 e. The van der Waals surface area contributed by atoms with Gasteiger partial charge in [-0.2, -0.15) is 17.5 Å². The summed E-state index contributed by atoms with van der Waals surface area (Å²) in [6, 6.07) is 0. The third kappa shape index (κ3) is 8.36. The lowest BCUT2D eigenvalue weighted by atomic mass is 10.0. The van der Waals surface area contributed by atoms with Gasteiger partial charge in [-0.05, 0) is 79.1 Å². The van der Waals surface area contributed by atoms with Crippen molar-refractivity contribution in [2.75, 3.05) is 52.4 Å². The molecule has 4 aliphatic heterocycles. The minimum Gasteiger partial charge on any atom is -0.444 e. The first-order chi connectivity index (χ1) is 20.5. The highest BCUT2D eigenvalue weighted by Crippen LogP contribution is 2.37. The molecule has 0 unspecified atom stereocenters. The first kappa shape index (κ1) is 35.1. The number of alkyl halides is 3. The molecule has 4 atom stereocenters. The standard InChI is InChI=1S/C18H25F3N4O4S.C11H20N2O2/c1-10-14(11(2)23-15(22-10)18(19,20)21)30(27,28)25-8-12-6-24(7-13(12)9-25)16(26)29-17(3,4)5;1-11(2,3)15-10(14)13-6-8-4-12-5-9(8)7-13/h12-13H,6-9H2,1-5H3;8-9,12H,4-7H2,1-3H3/t12-,13-;8-,9-/m10/s1. The van der Waals surface area contributed by atoms with Crippen molar-refractivity contribution in [3.63, 3.8) is 0 Å². The monoisotopic (exact) mass is 662 g/mol. The lowest BCUT2D eigenvalue weighted by molar-refractivity contribution is -0.145. The topological polar surface area (TPSA) is 134 Å². The number of carbonyl (C=O) groups excluding carboxylic acids is 2. The number of likely N-dealkylation sites (tertiary alicyclic amines) is 2. The molecule has 0 aliphatic carbocycles. The van der Waals surface area contributed by atoms with Crippen LogP contribution in [0, 0.1) is 37.5 Å². The average Bonchev–Trinajstić information content (AvgIpc) is 3.61. The van der Waals surface area contributed by atoms with Gasteiger partial charge >= 0.3 is 18.4 Å². The Morgan fingerprint density at radius 2 is 1.11 bits per heavy atom. The second-order valence-electron chi connectivity index (χ2n) is 14.3. The van der Waals surface area contributed by atoms with Gasteiger partial charge in [0.2, 0.25) is 15.8 Å². The van der Waals surface area contributed by atoms with Crippen LogP contribution in [-0.4, -0.2) is 108 Å². The quantitative estimate of drug-likeness (QED) is 0.504. The third-order valence-electron chi connectivity index (χ3n) is 8.20. The fraction of sp³-hybridized carbons (Fsp3) is 0.793. The summed E-state index contributed by atoms with van der Waals surface area (Å²) in [5.74, 6) is -0.218. The molecule has 0 bridgehead atoms. The van der Waals surface area contributed by atoms with E-state index in [1.807, 2.05) is 25.7 Å². The number of ether oxygens (including phenoxy) is 2. The van der Waals surface area contributed by atoms with Crippen molar-refractivity contribution in [3.8, 4) is 0 Å². The highest BCUT2D eigenvalue weighted by Gasteiger charge is 2.47. The Kier molecular flexibility index (Phi) is 9.74. The van der Waals surface area contributed by atoms with Crippen LogP contribution in [0.1, 0.15) is 58.8 Å². The molecule has 0 radical (unpaired) electrons. The first-order valence-electron chi connectivity index (χ1n) is 15.1. The van der Waals surface area contributed by atoms with Crippen LogP contribution in [-0.2, 0) is 25.7 Å². The molecule has 0 spiro atoms. The molecule has 12 nitrogen and oxygen atoms in total. The zero-order valence-electron chi connectivity index (χ0n) is 27.2. The number of hydrogen-bond acceptors (Lipinski definition) is 9. The Labute approximate surface area is 263 Å². The second kappa shape index (κ2) is 12.5. The van der Waals surface area contributed by atoms with E-state index in [-0.39, 0.29) is 52.9 Å². The van der Waals surface area contributed by atoms with Crippen molar-refractivity contribution in [1.29, 1.82) is 0 Å². The number of fused-ring (bicyclic) bond motifs is 2. The summed E-state index contributed by atoms with van der Waals surface area (Å²) in [6.07, 6.45) is -5.35. The van der Waals surface area contributed by atoms with Crippen molar-refractivity contribution in [3.05, 3.63) is 17.2 Å². The van der Waals surface area contributed by atoms with E-state index in [1.54, 1.807) is 25.7 Å². The number of sulfonamides is 1. The summed E-state index contributed by atoms with van der Waals surface area (Å²) in [7, 11) is -4.06. The predicted octanol–water partition coefficient (Wildman–Crippen LogP) is 3.67. The molecule has 4 fully saturated rings. The van der Waals surface area contributed by atoms with Crippen LogP contribution in [0.15, 0.2) is 4.90 Å². The Bertz CT molecular complexity index is 1340. The van der Waals surface area contributed by atoms with Gasteiger partial charge < -0.3 is 24.6 Å². The summed E-state index contributed by atoms with van der Waals surface area (Å²) in [6.45, 7) is 18.4. The van der Waals surface area contributed by atoms with Crippen molar-refractivity contribution in [2.45, 2.75) is 77.7 Å². The molecule has 4 aliphatic rings. The largest absolute Gasteiger partial charge is 0.451 e. The van der Waals surface area contributed by atoms with Gasteiger partial charge in [0.25, 0.3) is 0 Å². The molecule has 2 amide bonds. The number of amides is 2. The summed E-state index contributed by atoms with van der Waals surface area (Å²) in [5, 5.41) is 3.35. The van der Waals surface area contributed by atoms with Gasteiger partial charge in [0, 0.05) is 52.4 Å². The normalized spacial score (nSPS) is 25.5. The maximum atomic E-state index is 13.1. The highest BCUT2D eigenvalue weighted by atomic mass is 32.2. The van der Waals surface area contributed by atoms with E-state index < -0.39 is 33.7 Å². The second-order valence-corrected chi connectivity index (χ2v) is 16.2. The van der Waals surface area contributed by atoms with E-state index in [1.165, 1.54) is 18.2 Å². The Balaban J connectivity index is 0.000000256. The molecular weight excluding hydrogens is 617 g/mol. The fourth-order valence-corrected chi connectivity index (χ4v) is 8.16. The number of carbonyl (C=O) groups is 2. The molecule has 1 aromatic rings. The Hall–Kier alpha value is -2.72. The smallest absolute Gasteiger partial charge is 0.444 e. The van der Waals surface area contributed by atoms with Gasteiger partial charge in [-0.1, -0.05) is 0 Å². The molecule has 1 aromatic heterocycles. The zero-order valence-corrected chi connectivity index (χ0v) is 28.0. The van der Waals surface area contributed by atoms with Gasteiger partial charge in [0.15, 0.2) is 0 Å². The van der Waals surface area contributed by atoms with Crippen LogP contribution >= 0.6 is 0 Å². The molecule has 4 saturated heterocycles. The summed E-state index contributed by atoms with van der Waals surface area (Å²) in [4.78, 5) is 33.9. The lowest BCUT2D eigenvalue weighted by Crippen LogP contribution is -2.38. The van der Waals surface area contributed by atoms with Gasteiger partial charge in [-0.15, -0.1) is 0 Å². The Morgan fingerprint density at radius 3 is 1.47 bits per heavy atom. The van der Waals surface area contributed by atoms with Crippen LogP contribution in [0.5, 0.6) is 0 Å². The number of rotatable bonds is 2. The van der Waals surface area contributed by atoms with E-state index in [9.17, 15) is 31.2 Å². The molecule has 5 rings (SSSR count). The summed E-state index contributed by atoms with van der Waals surface area (Å²) < 4.78 is 77.0. The SMILES string of the molecule is CC(C)(C)OC(=O)N1C[C@@H]2CNC[C@H]2C1.Cc1nc(C(F)(F)F)nc(C)c1S(=O)(=O)N1C[C@H]2CN(C(=O)OC(C)(C)C)C[C@@H]2C1. The van der Waals surface area contributed by atoms with Crippen molar-refractivity contribution in [1.82, 2.24) is 29.4 Å². The Morgan fingerprint density at radius 1 is 0.733 bits per heavy atom. The van der Waals surface area contributed by atoms with E-state index >= 15 is 0 Å².